The van der Waals surface area contributed by atoms with Crippen LogP contribution in [0.25, 0.3) is 22.5 Å². The van der Waals surface area contributed by atoms with Gasteiger partial charge in [-0.25, -0.2) is 0 Å². The van der Waals surface area contributed by atoms with E-state index in [9.17, 15) is 9.59 Å². The van der Waals surface area contributed by atoms with Gasteiger partial charge in [0.25, 0.3) is 0 Å². The van der Waals surface area contributed by atoms with Crippen LogP contribution in [0.15, 0.2) is 42.5 Å². The van der Waals surface area contributed by atoms with Gasteiger partial charge in [0.1, 0.15) is 5.69 Å². The van der Waals surface area contributed by atoms with Crippen LogP contribution in [0.1, 0.15) is 48.2 Å². The van der Waals surface area contributed by atoms with Crippen molar-refractivity contribution in [2.24, 2.45) is 0 Å². The summed E-state index contributed by atoms with van der Waals surface area (Å²) in [6.07, 6.45) is 3.39. The Morgan fingerprint density at radius 1 is 1.11 bits per heavy atom. The number of hydrogen-bond acceptors (Lipinski definition) is 3. The highest BCUT2D eigenvalue weighted by molar-refractivity contribution is 6.26. The zero-order chi connectivity index (χ0) is 19.0. The topological polar surface area (TPSA) is 74.8 Å². The van der Waals surface area contributed by atoms with Crippen LogP contribution in [-0.2, 0) is 11.2 Å². The van der Waals surface area contributed by atoms with Crippen LogP contribution in [0.2, 0.25) is 0 Å². The third-order valence-corrected chi connectivity index (χ3v) is 4.91. The zero-order valence-electron chi connectivity index (χ0n) is 15.4. The van der Waals surface area contributed by atoms with Crippen LogP contribution < -0.4 is 5.32 Å². The fourth-order valence-corrected chi connectivity index (χ4v) is 3.60. The molecular formula is C22H21N3O2. The van der Waals surface area contributed by atoms with Crippen molar-refractivity contribution in [1.29, 1.82) is 0 Å². The largest absolute Gasteiger partial charge is 0.326 e. The molecule has 1 heterocycles. The molecule has 0 unspecified atom stereocenters. The number of hydrogen-bond donors (Lipinski definition) is 2. The molecule has 1 aliphatic carbocycles. The number of anilines is 1. The predicted molar refractivity (Wildman–Crippen MR) is 106 cm³/mol. The molecule has 1 aliphatic rings. The summed E-state index contributed by atoms with van der Waals surface area (Å²) in [5, 5.41) is 10.2. The minimum absolute atomic E-state index is 0.108. The van der Waals surface area contributed by atoms with Crippen LogP contribution in [-0.4, -0.2) is 21.9 Å². The number of amides is 1. The molecule has 2 aromatic carbocycles. The average Bonchev–Trinajstić information content (AvgIpc) is 3.21. The van der Waals surface area contributed by atoms with Gasteiger partial charge in [-0.1, -0.05) is 49.7 Å². The summed E-state index contributed by atoms with van der Waals surface area (Å²) in [6, 6.07) is 13.7. The number of nitrogens with zero attached hydrogens (tertiary/aromatic N) is 1. The first-order valence-corrected chi connectivity index (χ1v) is 9.23. The highest BCUT2D eigenvalue weighted by Gasteiger charge is 2.34. The number of aromatic amines is 1. The molecule has 0 saturated carbocycles. The molecule has 3 aromatic rings. The van der Waals surface area contributed by atoms with Crippen molar-refractivity contribution in [3.8, 4) is 22.5 Å². The maximum absolute atomic E-state index is 13.1. The van der Waals surface area contributed by atoms with Gasteiger partial charge >= 0.3 is 0 Å². The Morgan fingerprint density at radius 3 is 2.59 bits per heavy atom. The van der Waals surface area contributed by atoms with E-state index in [-0.39, 0.29) is 11.7 Å². The Kier molecular flexibility index (Phi) is 4.36. The van der Waals surface area contributed by atoms with Crippen LogP contribution in [0, 0.1) is 0 Å². The number of aromatic nitrogens is 2. The standard InChI is InChI=1S/C22H21N3O2/c1-3-4-6-14-9-11-15(12-10-14)20-19-21(25-24-20)16-7-5-8-17(23-13(2)26)18(16)22(19)27/h5,7-12H,3-4,6H2,1-2H3,(H,23,26)(H,24,25). The molecule has 136 valence electrons. The SMILES string of the molecule is CCCCc1ccc(-c2[nH]nc3c2C(=O)c2c(NC(C)=O)cccc2-3)cc1. The number of nitrogens with one attached hydrogen (secondary N) is 2. The Balaban J connectivity index is 1.73. The first-order valence-electron chi connectivity index (χ1n) is 9.23. The van der Waals surface area contributed by atoms with E-state index in [1.165, 1.54) is 25.3 Å². The molecule has 0 bridgehead atoms. The van der Waals surface area contributed by atoms with Crippen molar-refractivity contribution < 1.29 is 9.59 Å². The molecule has 27 heavy (non-hydrogen) atoms. The van der Waals surface area contributed by atoms with Gasteiger partial charge in [-0.2, -0.15) is 5.10 Å². The summed E-state index contributed by atoms with van der Waals surface area (Å²) in [5.41, 5.74) is 5.97. The summed E-state index contributed by atoms with van der Waals surface area (Å²) in [4.78, 5) is 24.6. The molecule has 5 heteroatoms. The number of ketones is 1. The van der Waals surface area contributed by atoms with E-state index in [1.54, 1.807) is 6.07 Å². The summed E-state index contributed by atoms with van der Waals surface area (Å²) in [5.74, 6) is -0.312. The molecule has 0 spiro atoms. The number of carbonyl (C=O) groups excluding carboxylic acids is 2. The molecular weight excluding hydrogens is 338 g/mol. The third-order valence-electron chi connectivity index (χ3n) is 4.91. The molecule has 1 amide bonds. The van der Waals surface area contributed by atoms with Gasteiger partial charge in [-0.3, -0.25) is 14.7 Å². The third kappa shape index (κ3) is 2.95. The normalized spacial score (nSPS) is 12.0. The van der Waals surface area contributed by atoms with Gasteiger partial charge in [0, 0.05) is 18.1 Å². The second kappa shape index (κ2) is 6.83. The van der Waals surface area contributed by atoms with Crippen molar-refractivity contribution in [3.05, 3.63) is 59.2 Å². The van der Waals surface area contributed by atoms with E-state index in [0.29, 0.717) is 22.5 Å². The first-order chi connectivity index (χ1) is 13.1. The van der Waals surface area contributed by atoms with Gasteiger partial charge < -0.3 is 5.32 Å². The van der Waals surface area contributed by atoms with E-state index >= 15 is 0 Å². The number of benzene rings is 2. The smallest absolute Gasteiger partial charge is 0.221 e. The number of fused-ring (bicyclic) bond motifs is 3. The Hall–Kier alpha value is -3.21. The Labute approximate surface area is 157 Å². The molecule has 0 aliphatic heterocycles. The molecule has 5 nitrogen and oxygen atoms in total. The highest BCUT2D eigenvalue weighted by atomic mass is 16.1. The number of unbranched alkanes of at least 4 members (excludes halogenated alkanes) is 1. The fraction of sp³-hybridized carbons (Fsp3) is 0.227. The Bertz CT molecular complexity index is 1030. The lowest BCUT2D eigenvalue weighted by atomic mass is 10.0. The monoisotopic (exact) mass is 359 g/mol. The number of carbonyl (C=O) groups is 2. The number of H-pyrrole nitrogens is 1. The minimum atomic E-state index is -0.204. The molecule has 0 radical (unpaired) electrons. The first kappa shape index (κ1) is 17.2. The summed E-state index contributed by atoms with van der Waals surface area (Å²) in [7, 11) is 0. The van der Waals surface area contributed by atoms with Gasteiger partial charge in [-0.05, 0) is 24.5 Å². The van der Waals surface area contributed by atoms with Crippen molar-refractivity contribution in [2.45, 2.75) is 33.1 Å². The van der Waals surface area contributed by atoms with Gasteiger partial charge in [0.15, 0.2) is 5.78 Å². The molecule has 1 aromatic heterocycles. The summed E-state index contributed by atoms with van der Waals surface area (Å²) >= 11 is 0. The van der Waals surface area contributed by atoms with E-state index in [0.717, 1.165) is 23.2 Å². The zero-order valence-corrected chi connectivity index (χ0v) is 15.4. The van der Waals surface area contributed by atoms with E-state index in [4.69, 9.17) is 0 Å². The molecule has 2 N–H and O–H groups in total. The van der Waals surface area contributed by atoms with Crippen molar-refractivity contribution in [1.82, 2.24) is 10.2 Å². The molecule has 0 fully saturated rings. The minimum Gasteiger partial charge on any atom is -0.326 e. The van der Waals surface area contributed by atoms with E-state index in [1.807, 2.05) is 24.3 Å². The van der Waals surface area contributed by atoms with Crippen LogP contribution in [0.4, 0.5) is 5.69 Å². The van der Waals surface area contributed by atoms with Crippen molar-refractivity contribution in [3.63, 3.8) is 0 Å². The number of rotatable bonds is 5. The molecule has 0 saturated heterocycles. The van der Waals surface area contributed by atoms with E-state index in [2.05, 4.69) is 34.6 Å². The average molecular weight is 359 g/mol. The lowest BCUT2D eigenvalue weighted by molar-refractivity contribution is -0.114. The fourth-order valence-electron chi connectivity index (χ4n) is 3.60. The number of aryl methyl sites for hydroxylation is 1. The van der Waals surface area contributed by atoms with Crippen molar-refractivity contribution >= 4 is 17.4 Å². The summed E-state index contributed by atoms with van der Waals surface area (Å²) in [6.45, 7) is 3.62. The lowest BCUT2D eigenvalue weighted by Gasteiger charge is -2.08. The maximum Gasteiger partial charge on any atom is 0.221 e. The van der Waals surface area contributed by atoms with Gasteiger partial charge in [-0.15, -0.1) is 0 Å². The Morgan fingerprint density at radius 2 is 1.89 bits per heavy atom. The lowest BCUT2D eigenvalue weighted by Crippen LogP contribution is -2.10. The second-order valence-electron chi connectivity index (χ2n) is 6.86. The molecule has 0 atom stereocenters. The van der Waals surface area contributed by atoms with E-state index < -0.39 is 0 Å². The van der Waals surface area contributed by atoms with Crippen molar-refractivity contribution in [2.75, 3.05) is 5.32 Å². The van der Waals surface area contributed by atoms with Gasteiger partial charge in [0.2, 0.25) is 5.91 Å². The van der Waals surface area contributed by atoms with Gasteiger partial charge in [0.05, 0.1) is 22.5 Å². The predicted octanol–water partition coefficient (Wildman–Crippen LogP) is 4.59. The maximum atomic E-state index is 13.1. The quantitative estimate of drug-likeness (QED) is 0.547. The molecule has 4 rings (SSSR count). The van der Waals surface area contributed by atoms with Crippen LogP contribution >= 0.6 is 0 Å². The summed E-state index contributed by atoms with van der Waals surface area (Å²) < 4.78 is 0. The van der Waals surface area contributed by atoms with Crippen LogP contribution in [0.5, 0.6) is 0 Å². The van der Waals surface area contributed by atoms with Crippen LogP contribution in [0.3, 0.4) is 0 Å². The highest BCUT2D eigenvalue weighted by Crippen LogP contribution is 2.42. The second-order valence-corrected chi connectivity index (χ2v) is 6.86.